The van der Waals surface area contributed by atoms with E-state index >= 15 is 0 Å². The first-order valence-corrected chi connectivity index (χ1v) is 8.93. The van der Waals surface area contributed by atoms with Gasteiger partial charge in [0.2, 0.25) is 0 Å². The fraction of sp³-hybridized carbons (Fsp3) is 0.0909. The molecule has 0 radical (unpaired) electrons. The molecule has 5 nitrogen and oxygen atoms in total. The highest BCUT2D eigenvalue weighted by Gasteiger charge is 2.18. The van der Waals surface area contributed by atoms with Crippen LogP contribution in [0.25, 0.3) is 0 Å². The number of esters is 1. The molecule has 28 heavy (non-hydrogen) atoms. The van der Waals surface area contributed by atoms with Crippen LogP contribution in [0.5, 0.6) is 0 Å². The second kappa shape index (κ2) is 8.15. The van der Waals surface area contributed by atoms with Gasteiger partial charge in [-0.3, -0.25) is 4.79 Å². The van der Waals surface area contributed by atoms with E-state index in [1.807, 2.05) is 18.2 Å². The van der Waals surface area contributed by atoms with Crippen LogP contribution in [0, 0.1) is 6.92 Å². The van der Waals surface area contributed by atoms with Crippen LogP contribution in [-0.4, -0.2) is 18.9 Å². The molecule has 0 saturated carbocycles. The molecule has 0 spiro atoms. The minimum absolute atomic E-state index is 0.265. The van der Waals surface area contributed by atoms with E-state index < -0.39 is 5.97 Å². The van der Waals surface area contributed by atoms with Crippen molar-refractivity contribution in [3.05, 3.63) is 87.9 Å². The fourth-order valence-corrected chi connectivity index (χ4v) is 3.07. The quantitative estimate of drug-likeness (QED) is 0.362. The van der Waals surface area contributed by atoms with Crippen molar-refractivity contribution in [3.63, 3.8) is 0 Å². The van der Waals surface area contributed by atoms with Crippen molar-refractivity contribution in [2.75, 3.05) is 18.2 Å². The Morgan fingerprint density at radius 1 is 1.00 bits per heavy atom. The van der Waals surface area contributed by atoms with Gasteiger partial charge in [-0.1, -0.05) is 29.8 Å². The Kier molecular flexibility index (Phi) is 5.66. The van der Waals surface area contributed by atoms with Crippen LogP contribution in [0.3, 0.4) is 0 Å². The van der Waals surface area contributed by atoms with E-state index in [1.165, 1.54) is 13.2 Å². The molecular weight excluding hydrogens is 376 g/mol. The summed E-state index contributed by atoms with van der Waals surface area (Å²) >= 11 is 6.38. The standard InChI is InChI=1S/C22H19ClN2O3/c1-13-7-8-14(22(27)28-2)11-17(13)21(26)16-10-9-15(12-18(16)23)25-20-6-4-3-5-19(20)24/h3-12,25H,24H2,1-2H3. The number of nitrogen functional groups attached to an aromatic ring is 1. The summed E-state index contributed by atoms with van der Waals surface area (Å²) in [5.41, 5.74) is 9.80. The van der Waals surface area contributed by atoms with E-state index in [-0.39, 0.29) is 5.78 Å². The number of rotatable bonds is 5. The van der Waals surface area contributed by atoms with Gasteiger partial charge in [-0.05, 0) is 55.0 Å². The SMILES string of the molecule is COC(=O)c1ccc(C)c(C(=O)c2ccc(Nc3ccccc3N)cc2Cl)c1. The Balaban J connectivity index is 1.91. The number of benzene rings is 3. The second-order valence-corrected chi connectivity index (χ2v) is 6.66. The predicted molar refractivity (Wildman–Crippen MR) is 112 cm³/mol. The molecule has 0 saturated heterocycles. The highest BCUT2D eigenvalue weighted by Crippen LogP contribution is 2.28. The molecule has 0 fully saturated rings. The molecule has 0 atom stereocenters. The number of nitrogens with two attached hydrogens (primary N) is 1. The minimum atomic E-state index is -0.500. The van der Waals surface area contributed by atoms with Gasteiger partial charge in [0.05, 0.1) is 29.1 Å². The van der Waals surface area contributed by atoms with Gasteiger partial charge in [0.15, 0.2) is 5.78 Å². The Morgan fingerprint density at radius 3 is 2.43 bits per heavy atom. The number of halogens is 1. The third-order valence-corrected chi connectivity index (χ3v) is 4.67. The maximum absolute atomic E-state index is 13.0. The lowest BCUT2D eigenvalue weighted by Gasteiger charge is -2.12. The molecular formula is C22H19ClN2O3. The van der Waals surface area contributed by atoms with Crippen LogP contribution >= 0.6 is 11.6 Å². The average molecular weight is 395 g/mol. The van der Waals surface area contributed by atoms with Crippen molar-refractivity contribution in [2.45, 2.75) is 6.92 Å². The van der Waals surface area contributed by atoms with Crippen molar-refractivity contribution in [2.24, 2.45) is 0 Å². The van der Waals surface area contributed by atoms with Crippen molar-refractivity contribution in [3.8, 4) is 0 Å². The summed E-state index contributed by atoms with van der Waals surface area (Å²) in [6.07, 6.45) is 0. The van der Waals surface area contributed by atoms with Gasteiger partial charge in [-0.2, -0.15) is 0 Å². The zero-order valence-corrected chi connectivity index (χ0v) is 16.2. The van der Waals surface area contributed by atoms with E-state index in [2.05, 4.69) is 5.32 Å². The minimum Gasteiger partial charge on any atom is -0.465 e. The summed E-state index contributed by atoms with van der Waals surface area (Å²) in [5.74, 6) is -0.765. The Morgan fingerprint density at radius 2 is 1.75 bits per heavy atom. The van der Waals surface area contributed by atoms with Gasteiger partial charge in [0, 0.05) is 16.8 Å². The number of nitrogens with one attached hydrogen (secondary N) is 1. The van der Waals surface area contributed by atoms with Gasteiger partial charge in [0.1, 0.15) is 0 Å². The number of para-hydroxylation sites is 2. The van der Waals surface area contributed by atoms with Gasteiger partial charge in [-0.15, -0.1) is 0 Å². The van der Waals surface area contributed by atoms with E-state index in [0.717, 1.165) is 11.3 Å². The second-order valence-electron chi connectivity index (χ2n) is 6.26. The lowest BCUT2D eigenvalue weighted by atomic mass is 9.96. The number of carbonyl (C=O) groups is 2. The number of aryl methyl sites for hydroxylation is 1. The number of hydrogen-bond donors (Lipinski definition) is 2. The molecule has 0 aliphatic carbocycles. The monoisotopic (exact) mass is 394 g/mol. The highest BCUT2D eigenvalue weighted by atomic mass is 35.5. The molecule has 0 aliphatic rings. The number of methoxy groups -OCH3 is 1. The van der Waals surface area contributed by atoms with Crippen molar-refractivity contribution in [1.82, 2.24) is 0 Å². The van der Waals surface area contributed by atoms with Gasteiger partial charge < -0.3 is 15.8 Å². The van der Waals surface area contributed by atoms with Gasteiger partial charge >= 0.3 is 5.97 Å². The molecule has 6 heteroatoms. The van der Waals surface area contributed by atoms with Crippen LogP contribution in [0.4, 0.5) is 17.1 Å². The lowest BCUT2D eigenvalue weighted by molar-refractivity contribution is 0.0600. The molecule has 0 aromatic heterocycles. The molecule has 0 amide bonds. The normalized spacial score (nSPS) is 10.4. The molecule has 3 aromatic rings. The summed E-state index contributed by atoms with van der Waals surface area (Å²) in [5, 5.41) is 3.48. The zero-order chi connectivity index (χ0) is 20.3. The first kappa shape index (κ1) is 19.5. The molecule has 0 aliphatic heterocycles. The number of anilines is 3. The van der Waals surface area contributed by atoms with Crippen LogP contribution in [0.1, 0.15) is 31.8 Å². The smallest absolute Gasteiger partial charge is 0.337 e. The molecule has 3 aromatic carbocycles. The first-order valence-electron chi connectivity index (χ1n) is 8.55. The van der Waals surface area contributed by atoms with E-state index in [0.29, 0.717) is 33.1 Å². The van der Waals surface area contributed by atoms with Crippen molar-refractivity contribution in [1.29, 1.82) is 0 Å². The largest absolute Gasteiger partial charge is 0.465 e. The highest BCUT2D eigenvalue weighted by molar-refractivity contribution is 6.35. The van der Waals surface area contributed by atoms with Crippen LogP contribution < -0.4 is 11.1 Å². The fourth-order valence-electron chi connectivity index (χ4n) is 2.80. The van der Waals surface area contributed by atoms with E-state index in [9.17, 15) is 9.59 Å². The topological polar surface area (TPSA) is 81.4 Å². The molecule has 0 unspecified atom stereocenters. The summed E-state index contributed by atoms with van der Waals surface area (Å²) in [7, 11) is 1.30. The predicted octanol–water partition coefficient (Wildman–Crippen LogP) is 4.99. The van der Waals surface area contributed by atoms with Crippen LogP contribution in [0.15, 0.2) is 60.7 Å². The Hall–Kier alpha value is -3.31. The molecule has 0 heterocycles. The summed E-state index contributed by atoms with van der Waals surface area (Å²) in [4.78, 5) is 24.8. The Bertz CT molecular complexity index is 1060. The Labute approximate surface area is 168 Å². The maximum atomic E-state index is 13.0. The van der Waals surface area contributed by atoms with E-state index in [4.69, 9.17) is 22.1 Å². The number of hydrogen-bond acceptors (Lipinski definition) is 5. The van der Waals surface area contributed by atoms with Crippen molar-refractivity contribution < 1.29 is 14.3 Å². The maximum Gasteiger partial charge on any atom is 0.337 e. The van der Waals surface area contributed by atoms with E-state index in [1.54, 1.807) is 43.3 Å². The van der Waals surface area contributed by atoms with Crippen LogP contribution in [0.2, 0.25) is 5.02 Å². The number of ketones is 1. The van der Waals surface area contributed by atoms with Crippen molar-refractivity contribution >= 4 is 40.4 Å². The lowest BCUT2D eigenvalue weighted by Crippen LogP contribution is -2.08. The van der Waals surface area contributed by atoms with Crippen LogP contribution in [-0.2, 0) is 4.74 Å². The zero-order valence-electron chi connectivity index (χ0n) is 15.5. The summed E-state index contributed by atoms with van der Waals surface area (Å²) < 4.78 is 4.73. The number of ether oxygens (including phenoxy) is 1. The number of carbonyl (C=O) groups excluding carboxylic acids is 2. The van der Waals surface area contributed by atoms with Gasteiger partial charge in [-0.25, -0.2) is 4.79 Å². The first-order chi connectivity index (χ1) is 13.4. The third kappa shape index (κ3) is 4.00. The molecule has 3 N–H and O–H groups in total. The summed E-state index contributed by atoms with van der Waals surface area (Å²) in [6.45, 7) is 1.80. The third-order valence-electron chi connectivity index (χ3n) is 4.36. The molecule has 142 valence electrons. The molecule has 3 rings (SSSR count). The average Bonchev–Trinajstić information content (AvgIpc) is 2.69. The molecule has 0 bridgehead atoms. The van der Waals surface area contributed by atoms with Gasteiger partial charge in [0.25, 0.3) is 0 Å². The summed E-state index contributed by atoms with van der Waals surface area (Å²) in [6, 6.07) is 17.3.